The Kier molecular flexibility index (Phi) is 6.61. The number of carbonyl (C=O) groups excluding carboxylic acids is 1. The number of carbonyl (C=O) groups is 1. The fraction of sp³-hybridized carbons (Fsp3) is 0.500. The Balaban J connectivity index is 1.65. The molecule has 136 valence electrons. The number of rotatable bonds is 7. The summed E-state index contributed by atoms with van der Waals surface area (Å²) < 4.78 is 1.87. The highest BCUT2D eigenvalue weighted by molar-refractivity contribution is 7.99. The zero-order chi connectivity index (χ0) is 18.2. The number of anilines is 1. The third-order valence-corrected chi connectivity index (χ3v) is 5.44. The molecule has 0 atom stereocenters. The molecule has 7 nitrogen and oxygen atoms in total. The van der Waals surface area contributed by atoms with Crippen molar-refractivity contribution in [2.45, 2.75) is 49.7 Å². The lowest BCUT2D eigenvalue weighted by atomic mass is 9.96. The average Bonchev–Trinajstić information content (AvgIpc) is 3.17. The second-order valence-electron chi connectivity index (χ2n) is 6.28. The van der Waals surface area contributed by atoms with E-state index >= 15 is 0 Å². The van der Waals surface area contributed by atoms with E-state index in [0.29, 0.717) is 24.2 Å². The number of para-hydroxylation sites is 1. The fourth-order valence-corrected chi connectivity index (χ4v) is 4.03. The Hall–Kier alpha value is -2.40. The monoisotopic (exact) mass is 370 g/mol. The first-order valence-corrected chi connectivity index (χ1v) is 9.91. The number of tetrazole rings is 1. The summed E-state index contributed by atoms with van der Waals surface area (Å²) in [5.41, 5.74) is 0.806. The van der Waals surface area contributed by atoms with E-state index in [1.165, 1.54) is 31.0 Å². The minimum absolute atomic E-state index is 0.0466. The molecule has 8 heteroatoms. The van der Waals surface area contributed by atoms with E-state index in [1.807, 2.05) is 35.0 Å². The van der Waals surface area contributed by atoms with Crippen LogP contribution in [0.5, 0.6) is 0 Å². The number of amides is 1. The van der Waals surface area contributed by atoms with Gasteiger partial charge in [-0.15, -0.1) is 5.10 Å². The van der Waals surface area contributed by atoms with Crippen molar-refractivity contribution in [1.82, 2.24) is 20.2 Å². The van der Waals surface area contributed by atoms with E-state index in [1.54, 1.807) is 4.90 Å². The number of nitriles is 1. The Labute approximate surface area is 157 Å². The Morgan fingerprint density at radius 3 is 2.77 bits per heavy atom. The van der Waals surface area contributed by atoms with Crippen molar-refractivity contribution in [1.29, 1.82) is 5.26 Å². The van der Waals surface area contributed by atoms with Crippen LogP contribution < -0.4 is 4.90 Å². The summed E-state index contributed by atoms with van der Waals surface area (Å²) in [6.07, 6.45) is 6.14. The van der Waals surface area contributed by atoms with Crippen molar-refractivity contribution < 1.29 is 4.79 Å². The summed E-state index contributed by atoms with van der Waals surface area (Å²) in [4.78, 5) is 14.4. The van der Waals surface area contributed by atoms with Crippen LogP contribution in [0.1, 0.15) is 44.6 Å². The van der Waals surface area contributed by atoms with Gasteiger partial charge in [0.1, 0.15) is 0 Å². The molecule has 1 fully saturated rings. The van der Waals surface area contributed by atoms with E-state index < -0.39 is 0 Å². The van der Waals surface area contributed by atoms with Gasteiger partial charge in [-0.25, -0.2) is 4.68 Å². The van der Waals surface area contributed by atoms with Crippen LogP contribution in [0.25, 0.3) is 0 Å². The highest BCUT2D eigenvalue weighted by Gasteiger charge is 2.22. The normalized spacial score (nSPS) is 14.7. The van der Waals surface area contributed by atoms with Gasteiger partial charge in [-0.3, -0.25) is 4.79 Å². The predicted octanol–water partition coefficient (Wildman–Crippen LogP) is 3.22. The molecule has 0 unspecified atom stereocenters. The molecule has 1 heterocycles. The summed E-state index contributed by atoms with van der Waals surface area (Å²) in [6.45, 7) is 0.382. The lowest BCUT2D eigenvalue weighted by molar-refractivity contribution is -0.116. The van der Waals surface area contributed by atoms with Crippen LogP contribution in [0.3, 0.4) is 0 Å². The molecule has 2 aromatic rings. The van der Waals surface area contributed by atoms with Crippen LogP contribution in [0.15, 0.2) is 35.5 Å². The number of nitrogens with zero attached hydrogens (tertiary/aromatic N) is 6. The molecule has 1 saturated carbocycles. The molecule has 1 aliphatic carbocycles. The fourth-order valence-electron chi connectivity index (χ4n) is 3.21. The molecule has 0 aliphatic heterocycles. The SMILES string of the molecule is N#CCCN(C(=O)CSc1nnnn1C1CCCCC1)c1ccccc1. The van der Waals surface area contributed by atoms with Crippen molar-refractivity contribution in [3.05, 3.63) is 30.3 Å². The highest BCUT2D eigenvalue weighted by Crippen LogP contribution is 2.30. The van der Waals surface area contributed by atoms with E-state index in [2.05, 4.69) is 21.6 Å². The van der Waals surface area contributed by atoms with Crippen LogP contribution in [0.4, 0.5) is 5.69 Å². The van der Waals surface area contributed by atoms with Gasteiger partial charge in [-0.2, -0.15) is 5.26 Å². The molecule has 0 N–H and O–H groups in total. The maximum atomic E-state index is 12.8. The first kappa shape index (κ1) is 18.4. The second-order valence-corrected chi connectivity index (χ2v) is 7.22. The number of benzene rings is 1. The Morgan fingerprint density at radius 1 is 1.27 bits per heavy atom. The second kappa shape index (κ2) is 9.34. The van der Waals surface area contributed by atoms with Gasteiger partial charge in [0.25, 0.3) is 0 Å². The van der Waals surface area contributed by atoms with Crippen LogP contribution >= 0.6 is 11.8 Å². The van der Waals surface area contributed by atoms with Gasteiger partial charge in [0, 0.05) is 12.2 Å². The van der Waals surface area contributed by atoms with Gasteiger partial charge in [0.15, 0.2) is 0 Å². The predicted molar refractivity (Wildman–Crippen MR) is 99.7 cm³/mol. The van der Waals surface area contributed by atoms with Crippen LogP contribution in [0, 0.1) is 11.3 Å². The first-order valence-electron chi connectivity index (χ1n) is 8.92. The van der Waals surface area contributed by atoms with Crippen molar-refractivity contribution >= 4 is 23.4 Å². The third kappa shape index (κ3) is 4.61. The number of aromatic nitrogens is 4. The molecule has 1 aromatic carbocycles. The van der Waals surface area contributed by atoms with E-state index in [9.17, 15) is 4.79 Å². The van der Waals surface area contributed by atoms with Gasteiger partial charge in [0.2, 0.25) is 11.1 Å². The van der Waals surface area contributed by atoms with Gasteiger partial charge < -0.3 is 4.90 Å². The standard InChI is InChI=1S/C18H22N6OS/c19-12-7-13-23(15-8-3-1-4-9-15)17(25)14-26-18-20-21-22-24(18)16-10-5-2-6-11-16/h1,3-4,8-9,16H,2,5-7,10-11,13-14H2. The lowest BCUT2D eigenvalue weighted by Gasteiger charge is -2.23. The van der Waals surface area contributed by atoms with Crippen molar-refractivity contribution in [2.75, 3.05) is 17.2 Å². The molecule has 0 saturated heterocycles. The van der Waals surface area contributed by atoms with E-state index in [0.717, 1.165) is 18.5 Å². The molecule has 0 bridgehead atoms. The topological polar surface area (TPSA) is 87.7 Å². The minimum atomic E-state index is -0.0466. The molecule has 0 radical (unpaired) electrons. The molecule has 1 aromatic heterocycles. The Morgan fingerprint density at radius 2 is 2.04 bits per heavy atom. The summed E-state index contributed by atoms with van der Waals surface area (Å²) in [6, 6.07) is 11.9. The van der Waals surface area contributed by atoms with Gasteiger partial charge >= 0.3 is 0 Å². The number of thioether (sulfide) groups is 1. The van der Waals surface area contributed by atoms with Crippen molar-refractivity contribution in [3.8, 4) is 6.07 Å². The minimum Gasteiger partial charge on any atom is -0.311 e. The maximum absolute atomic E-state index is 12.8. The summed E-state index contributed by atoms with van der Waals surface area (Å²) in [5.74, 6) is 0.197. The van der Waals surface area contributed by atoms with Gasteiger partial charge in [0.05, 0.1) is 24.3 Å². The van der Waals surface area contributed by atoms with E-state index in [4.69, 9.17) is 5.26 Å². The Bertz CT molecular complexity index is 751. The van der Waals surface area contributed by atoms with Crippen LogP contribution in [0.2, 0.25) is 0 Å². The first-order chi connectivity index (χ1) is 12.8. The maximum Gasteiger partial charge on any atom is 0.237 e. The van der Waals surface area contributed by atoms with Crippen molar-refractivity contribution in [2.24, 2.45) is 0 Å². The zero-order valence-electron chi connectivity index (χ0n) is 14.6. The van der Waals surface area contributed by atoms with Gasteiger partial charge in [-0.1, -0.05) is 49.2 Å². The smallest absolute Gasteiger partial charge is 0.237 e. The molecule has 1 aliphatic rings. The zero-order valence-corrected chi connectivity index (χ0v) is 15.4. The highest BCUT2D eigenvalue weighted by atomic mass is 32.2. The third-order valence-electron chi connectivity index (χ3n) is 4.52. The summed E-state index contributed by atoms with van der Waals surface area (Å²) in [5, 5.41) is 21.6. The lowest BCUT2D eigenvalue weighted by Crippen LogP contribution is -2.33. The molecule has 0 spiro atoms. The quantitative estimate of drug-likeness (QED) is 0.696. The van der Waals surface area contributed by atoms with Crippen LogP contribution in [-0.4, -0.2) is 38.4 Å². The number of hydrogen-bond donors (Lipinski definition) is 0. The summed E-state index contributed by atoms with van der Waals surface area (Å²) >= 11 is 1.36. The average molecular weight is 370 g/mol. The number of hydrogen-bond acceptors (Lipinski definition) is 6. The molecule has 1 amide bonds. The summed E-state index contributed by atoms with van der Waals surface area (Å²) in [7, 11) is 0. The molecule has 26 heavy (non-hydrogen) atoms. The van der Waals surface area contributed by atoms with Crippen molar-refractivity contribution in [3.63, 3.8) is 0 Å². The van der Waals surface area contributed by atoms with Gasteiger partial charge in [-0.05, 0) is 35.4 Å². The largest absolute Gasteiger partial charge is 0.311 e. The molecular formula is C18H22N6OS. The van der Waals surface area contributed by atoms with E-state index in [-0.39, 0.29) is 11.7 Å². The molecular weight excluding hydrogens is 348 g/mol. The van der Waals surface area contributed by atoms with Crippen LogP contribution in [-0.2, 0) is 4.79 Å². The molecule has 3 rings (SSSR count).